The molecule has 1 fully saturated rings. The van der Waals surface area contributed by atoms with Gasteiger partial charge in [0.15, 0.2) is 0 Å². The summed E-state index contributed by atoms with van der Waals surface area (Å²) in [5, 5.41) is 3.03. The second kappa shape index (κ2) is 5.19. The van der Waals surface area contributed by atoms with Crippen LogP contribution in [-0.4, -0.2) is 18.0 Å². The van der Waals surface area contributed by atoms with Gasteiger partial charge < -0.3 is 16.8 Å². The van der Waals surface area contributed by atoms with E-state index < -0.39 is 0 Å². The average molecular weight is 233 g/mol. The Morgan fingerprint density at radius 3 is 2.59 bits per heavy atom. The quantitative estimate of drug-likeness (QED) is 0.673. The maximum Gasteiger partial charge on any atom is 0.251 e. The third kappa shape index (κ3) is 3.20. The van der Waals surface area contributed by atoms with E-state index in [1.54, 1.807) is 24.3 Å². The molecule has 2 rings (SSSR count). The molecule has 1 aliphatic rings. The lowest BCUT2D eigenvalue weighted by atomic mass is 9.91. The van der Waals surface area contributed by atoms with E-state index in [2.05, 4.69) is 5.32 Å². The van der Waals surface area contributed by atoms with E-state index in [-0.39, 0.29) is 11.9 Å². The molecule has 0 saturated heterocycles. The van der Waals surface area contributed by atoms with Crippen LogP contribution in [0.5, 0.6) is 0 Å². The van der Waals surface area contributed by atoms with Gasteiger partial charge in [0.25, 0.3) is 5.91 Å². The molecule has 4 nitrogen and oxygen atoms in total. The van der Waals surface area contributed by atoms with E-state index in [0.29, 0.717) is 17.3 Å². The molecule has 17 heavy (non-hydrogen) atoms. The predicted molar refractivity (Wildman–Crippen MR) is 68.6 cm³/mol. The highest BCUT2D eigenvalue weighted by Crippen LogP contribution is 2.17. The summed E-state index contributed by atoms with van der Waals surface area (Å²) in [6.07, 6.45) is 3.91. The molecule has 0 unspecified atom stereocenters. The molecule has 5 N–H and O–H groups in total. The van der Waals surface area contributed by atoms with E-state index in [1.807, 2.05) is 0 Å². The molecule has 92 valence electrons. The van der Waals surface area contributed by atoms with Gasteiger partial charge in [-0.3, -0.25) is 4.79 Å². The molecule has 1 saturated carbocycles. The van der Waals surface area contributed by atoms with Crippen LogP contribution in [0.4, 0.5) is 5.69 Å². The molecule has 0 aromatic heterocycles. The lowest BCUT2D eigenvalue weighted by Gasteiger charge is -2.26. The zero-order chi connectivity index (χ0) is 12.3. The van der Waals surface area contributed by atoms with Gasteiger partial charge in [0, 0.05) is 23.3 Å². The van der Waals surface area contributed by atoms with Crippen molar-refractivity contribution >= 4 is 11.6 Å². The number of benzene rings is 1. The molecule has 0 radical (unpaired) electrons. The van der Waals surface area contributed by atoms with Crippen LogP contribution in [0.1, 0.15) is 36.0 Å². The van der Waals surface area contributed by atoms with Gasteiger partial charge in [-0.05, 0) is 43.9 Å². The summed E-state index contributed by atoms with van der Waals surface area (Å²) in [6.45, 7) is 0. The highest BCUT2D eigenvalue weighted by Gasteiger charge is 2.20. The van der Waals surface area contributed by atoms with Crippen molar-refractivity contribution in [2.45, 2.75) is 37.8 Å². The van der Waals surface area contributed by atoms with E-state index in [9.17, 15) is 4.79 Å². The SMILES string of the molecule is Nc1cccc(C(=O)NC2CCC(N)CC2)c1. The Morgan fingerprint density at radius 1 is 1.24 bits per heavy atom. The van der Waals surface area contributed by atoms with E-state index in [0.717, 1.165) is 25.7 Å². The Kier molecular flexibility index (Phi) is 3.64. The lowest BCUT2D eigenvalue weighted by Crippen LogP contribution is -2.40. The number of nitrogens with one attached hydrogen (secondary N) is 1. The molecular weight excluding hydrogens is 214 g/mol. The number of nitrogen functional groups attached to an aromatic ring is 1. The summed E-state index contributed by atoms with van der Waals surface area (Å²) in [5.41, 5.74) is 12.7. The molecular formula is C13H19N3O. The molecule has 0 bridgehead atoms. The zero-order valence-corrected chi connectivity index (χ0v) is 9.86. The van der Waals surface area contributed by atoms with Crippen molar-refractivity contribution in [1.82, 2.24) is 5.32 Å². The maximum absolute atomic E-state index is 11.9. The lowest BCUT2D eigenvalue weighted by molar-refractivity contribution is 0.0926. The van der Waals surface area contributed by atoms with Crippen molar-refractivity contribution in [2.24, 2.45) is 5.73 Å². The summed E-state index contributed by atoms with van der Waals surface area (Å²) in [4.78, 5) is 11.9. The highest BCUT2D eigenvalue weighted by atomic mass is 16.1. The number of carbonyl (C=O) groups excluding carboxylic acids is 1. The van der Waals surface area contributed by atoms with Crippen LogP contribution < -0.4 is 16.8 Å². The molecule has 0 spiro atoms. The van der Waals surface area contributed by atoms with Crippen LogP contribution in [0, 0.1) is 0 Å². The van der Waals surface area contributed by atoms with Gasteiger partial charge in [-0.15, -0.1) is 0 Å². The second-order valence-corrected chi connectivity index (χ2v) is 4.71. The number of nitrogens with two attached hydrogens (primary N) is 2. The van der Waals surface area contributed by atoms with E-state index >= 15 is 0 Å². The first-order chi connectivity index (χ1) is 8.15. The highest BCUT2D eigenvalue weighted by molar-refractivity contribution is 5.95. The van der Waals surface area contributed by atoms with Crippen LogP contribution in [0.3, 0.4) is 0 Å². The summed E-state index contributed by atoms with van der Waals surface area (Å²) in [7, 11) is 0. The van der Waals surface area contributed by atoms with Crippen molar-refractivity contribution < 1.29 is 4.79 Å². The first kappa shape index (κ1) is 11.9. The monoisotopic (exact) mass is 233 g/mol. The van der Waals surface area contributed by atoms with Gasteiger partial charge in [0.1, 0.15) is 0 Å². The number of hydrogen-bond donors (Lipinski definition) is 3. The van der Waals surface area contributed by atoms with Crippen LogP contribution in [0.15, 0.2) is 24.3 Å². The summed E-state index contributed by atoms with van der Waals surface area (Å²) in [5.74, 6) is -0.0437. The standard InChI is InChI=1S/C13H19N3O/c14-10-4-6-12(7-5-10)16-13(17)9-2-1-3-11(15)8-9/h1-3,8,10,12H,4-7,14-15H2,(H,16,17). The molecule has 0 heterocycles. The van der Waals surface area contributed by atoms with Crippen molar-refractivity contribution in [3.63, 3.8) is 0 Å². The van der Waals surface area contributed by atoms with Gasteiger partial charge in [0.05, 0.1) is 0 Å². The molecule has 0 aliphatic heterocycles. The van der Waals surface area contributed by atoms with Gasteiger partial charge in [-0.2, -0.15) is 0 Å². The Labute approximate surface area is 101 Å². The molecule has 1 aliphatic carbocycles. The van der Waals surface area contributed by atoms with E-state index in [1.165, 1.54) is 0 Å². The average Bonchev–Trinajstić information content (AvgIpc) is 2.32. The third-order valence-electron chi connectivity index (χ3n) is 3.26. The van der Waals surface area contributed by atoms with Crippen molar-refractivity contribution in [2.75, 3.05) is 5.73 Å². The minimum absolute atomic E-state index is 0.0437. The largest absolute Gasteiger partial charge is 0.399 e. The normalized spacial score (nSPS) is 24.3. The van der Waals surface area contributed by atoms with Crippen LogP contribution in [0.25, 0.3) is 0 Å². The Morgan fingerprint density at radius 2 is 1.94 bits per heavy atom. The summed E-state index contributed by atoms with van der Waals surface area (Å²) < 4.78 is 0. The Hall–Kier alpha value is -1.55. The topological polar surface area (TPSA) is 81.1 Å². The van der Waals surface area contributed by atoms with Crippen molar-refractivity contribution in [3.8, 4) is 0 Å². The fourth-order valence-electron chi connectivity index (χ4n) is 2.21. The van der Waals surface area contributed by atoms with Crippen molar-refractivity contribution in [3.05, 3.63) is 29.8 Å². The van der Waals surface area contributed by atoms with Crippen LogP contribution >= 0.6 is 0 Å². The molecule has 1 aromatic rings. The second-order valence-electron chi connectivity index (χ2n) is 4.71. The Balaban J connectivity index is 1.93. The fraction of sp³-hybridized carbons (Fsp3) is 0.462. The number of hydrogen-bond acceptors (Lipinski definition) is 3. The molecule has 1 amide bonds. The number of anilines is 1. The van der Waals surface area contributed by atoms with E-state index in [4.69, 9.17) is 11.5 Å². The summed E-state index contributed by atoms with van der Waals surface area (Å²) >= 11 is 0. The molecule has 1 aromatic carbocycles. The van der Waals surface area contributed by atoms with Gasteiger partial charge in [-0.25, -0.2) is 0 Å². The summed E-state index contributed by atoms with van der Waals surface area (Å²) in [6, 6.07) is 7.60. The minimum Gasteiger partial charge on any atom is -0.399 e. The molecule has 0 atom stereocenters. The zero-order valence-electron chi connectivity index (χ0n) is 9.86. The Bertz CT molecular complexity index is 397. The van der Waals surface area contributed by atoms with Crippen LogP contribution in [-0.2, 0) is 0 Å². The first-order valence-corrected chi connectivity index (χ1v) is 6.07. The smallest absolute Gasteiger partial charge is 0.251 e. The van der Waals surface area contributed by atoms with Crippen molar-refractivity contribution in [1.29, 1.82) is 0 Å². The number of carbonyl (C=O) groups is 1. The minimum atomic E-state index is -0.0437. The fourth-order valence-corrected chi connectivity index (χ4v) is 2.21. The maximum atomic E-state index is 11.9. The number of amides is 1. The van der Waals surface area contributed by atoms with Crippen LogP contribution in [0.2, 0.25) is 0 Å². The first-order valence-electron chi connectivity index (χ1n) is 6.07. The van der Waals surface area contributed by atoms with Gasteiger partial charge in [-0.1, -0.05) is 6.07 Å². The van der Waals surface area contributed by atoms with Gasteiger partial charge in [0.2, 0.25) is 0 Å². The predicted octanol–water partition coefficient (Wildman–Crippen LogP) is 1.27. The number of rotatable bonds is 2. The third-order valence-corrected chi connectivity index (χ3v) is 3.26. The molecule has 4 heteroatoms. The van der Waals surface area contributed by atoms with Gasteiger partial charge >= 0.3 is 0 Å².